The van der Waals surface area contributed by atoms with E-state index >= 15 is 0 Å². The highest BCUT2D eigenvalue weighted by Gasteiger charge is 2.08. The summed E-state index contributed by atoms with van der Waals surface area (Å²) < 4.78 is 0. The first-order chi connectivity index (χ1) is 6.50. The van der Waals surface area contributed by atoms with Crippen molar-refractivity contribution in [2.45, 2.75) is 6.92 Å². The summed E-state index contributed by atoms with van der Waals surface area (Å²) in [5.74, 6) is -0.118. The van der Waals surface area contributed by atoms with Crippen LogP contribution in [0.3, 0.4) is 0 Å². The number of aryl methyl sites for hydroxylation is 1. The number of hydrogen-bond acceptors (Lipinski definition) is 3. The van der Waals surface area contributed by atoms with Crippen molar-refractivity contribution in [1.82, 2.24) is 10.4 Å². The van der Waals surface area contributed by atoms with E-state index in [0.717, 1.165) is 5.56 Å². The maximum Gasteiger partial charge on any atom is 0.265 e. The van der Waals surface area contributed by atoms with E-state index in [1.54, 1.807) is 37.3 Å². The third-order valence-electron chi connectivity index (χ3n) is 1.82. The zero-order chi connectivity index (χ0) is 10.7. The maximum atomic E-state index is 11.6. The number of carbonyl (C=O) groups excluding carboxylic acids is 1. The van der Waals surface area contributed by atoms with Crippen LogP contribution in [0, 0.1) is 6.92 Å². The lowest BCUT2D eigenvalue weighted by Gasteiger charge is -2.13. The Bertz CT molecular complexity index is 347. The molecule has 0 saturated carbocycles. The summed E-state index contributed by atoms with van der Waals surface area (Å²) in [6, 6.07) is 5.23. The van der Waals surface area contributed by atoms with Crippen LogP contribution in [0.2, 0.25) is 0 Å². The van der Waals surface area contributed by atoms with Gasteiger partial charge in [0.2, 0.25) is 0 Å². The van der Waals surface area contributed by atoms with Crippen LogP contribution < -0.4 is 11.2 Å². The molecule has 0 atom stereocenters. The van der Waals surface area contributed by atoms with Gasteiger partial charge in [0.15, 0.2) is 0 Å². The van der Waals surface area contributed by atoms with Gasteiger partial charge in [0.1, 0.15) is 0 Å². The first kappa shape index (κ1) is 10.5. The number of hydrogen-bond donors (Lipinski definition) is 2. The summed E-state index contributed by atoms with van der Waals surface area (Å²) in [6.45, 7) is 1.86. The van der Waals surface area contributed by atoms with Crippen LogP contribution in [0.5, 0.6) is 0 Å². The number of nitrogens with zero attached hydrogens (tertiary/aromatic N) is 1. The summed E-state index contributed by atoms with van der Waals surface area (Å²) in [4.78, 5) is 11.6. The van der Waals surface area contributed by atoms with E-state index in [1.165, 1.54) is 0 Å². The molecule has 0 radical (unpaired) electrons. The van der Waals surface area contributed by atoms with E-state index in [-0.39, 0.29) is 5.91 Å². The molecular formula is C10H15N3O. The fourth-order valence-corrected chi connectivity index (χ4v) is 1.20. The van der Waals surface area contributed by atoms with E-state index in [0.29, 0.717) is 11.3 Å². The molecule has 1 rings (SSSR count). The Balaban J connectivity index is 2.90. The van der Waals surface area contributed by atoms with Gasteiger partial charge in [-0.05, 0) is 30.7 Å². The summed E-state index contributed by atoms with van der Waals surface area (Å²) in [6.07, 6.45) is 0. The number of amides is 1. The molecule has 14 heavy (non-hydrogen) atoms. The van der Waals surface area contributed by atoms with Crippen molar-refractivity contribution in [3.63, 3.8) is 0 Å². The Morgan fingerprint density at radius 3 is 2.57 bits per heavy atom. The average Bonchev–Trinajstić information content (AvgIpc) is 2.01. The Morgan fingerprint density at radius 2 is 2.07 bits per heavy atom. The molecule has 1 aromatic rings. The van der Waals surface area contributed by atoms with Crippen LogP contribution >= 0.6 is 0 Å². The van der Waals surface area contributed by atoms with Gasteiger partial charge in [-0.2, -0.15) is 0 Å². The molecule has 0 unspecified atom stereocenters. The van der Waals surface area contributed by atoms with E-state index in [4.69, 9.17) is 5.73 Å². The van der Waals surface area contributed by atoms with Gasteiger partial charge in [-0.25, -0.2) is 5.01 Å². The largest absolute Gasteiger partial charge is 0.399 e. The molecule has 0 spiro atoms. The molecular weight excluding hydrogens is 178 g/mol. The molecule has 0 aliphatic carbocycles. The number of hydrazine groups is 1. The zero-order valence-corrected chi connectivity index (χ0v) is 8.66. The first-order valence-electron chi connectivity index (χ1n) is 4.35. The normalized spacial score (nSPS) is 10.3. The first-order valence-corrected chi connectivity index (χ1v) is 4.35. The minimum Gasteiger partial charge on any atom is -0.399 e. The quantitative estimate of drug-likeness (QED) is 0.539. The van der Waals surface area contributed by atoms with Gasteiger partial charge in [0, 0.05) is 25.3 Å². The van der Waals surface area contributed by atoms with Gasteiger partial charge in [0.25, 0.3) is 5.91 Å². The zero-order valence-electron chi connectivity index (χ0n) is 8.66. The van der Waals surface area contributed by atoms with Crippen LogP contribution in [0.15, 0.2) is 18.2 Å². The second-order valence-electron chi connectivity index (χ2n) is 3.41. The molecule has 0 fully saturated rings. The fourth-order valence-electron chi connectivity index (χ4n) is 1.20. The second-order valence-corrected chi connectivity index (χ2v) is 3.41. The molecule has 0 bridgehead atoms. The molecule has 1 aromatic carbocycles. The van der Waals surface area contributed by atoms with Crippen LogP contribution in [0.25, 0.3) is 0 Å². The third kappa shape index (κ3) is 2.47. The van der Waals surface area contributed by atoms with E-state index in [2.05, 4.69) is 5.43 Å². The summed E-state index contributed by atoms with van der Waals surface area (Å²) in [7, 11) is 3.54. The number of nitrogen functional groups attached to an aromatic ring is 1. The summed E-state index contributed by atoms with van der Waals surface area (Å²) in [5.41, 5.74) is 10.5. The Hall–Kier alpha value is -1.55. The van der Waals surface area contributed by atoms with Crippen LogP contribution in [-0.4, -0.2) is 25.0 Å². The number of benzene rings is 1. The molecule has 0 heterocycles. The lowest BCUT2D eigenvalue weighted by molar-refractivity contribution is 0.0856. The third-order valence-corrected chi connectivity index (χ3v) is 1.82. The molecule has 0 aromatic heterocycles. The predicted octanol–water partition coefficient (Wildman–Crippen LogP) is 0.784. The van der Waals surface area contributed by atoms with Gasteiger partial charge in [-0.3, -0.25) is 10.2 Å². The molecule has 0 saturated heterocycles. The maximum absolute atomic E-state index is 11.6. The van der Waals surface area contributed by atoms with Crippen molar-refractivity contribution in [3.05, 3.63) is 29.3 Å². The van der Waals surface area contributed by atoms with Crippen molar-refractivity contribution in [1.29, 1.82) is 0 Å². The van der Waals surface area contributed by atoms with Crippen LogP contribution in [0.4, 0.5) is 5.69 Å². The molecule has 0 aliphatic heterocycles. The standard InChI is InChI=1S/C10H15N3O/c1-7-6-8(11)4-5-9(7)10(14)12-13(2)3/h4-6H,11H2,1-3H3,(H,12,14). The highest BCUT2D eigenvalue weighted by Crippen LogP contribution is 2.12. The minimum absolute atomic E-state index is 0.118. The van der Waals surface area contributed by atoms with Crippen molar-refractivity contribution < 1.29 is 4.79 Å². The van der Waals surface area contributed by atoms with Crippen molar-refractivity contribution in [2.75, 3.05) is 19.8 Å². The second kappa shape index (κ2) is 4.11. The molecule has 1 amide bonds. The SMILES string of the molecule is Cc1cc(N)ccc1C(=O)NN(C)C. The van der Waals surface area contributed by atoms with Gasteiger partial charge in [-0.15, -0.1) is 0 Å². The minimum atomic E-state index is -0.118. The van der Waals surface area contributed by atoms with E-state index < -0.39 is 0 Å². The highest BCUT2D eigenvalue weighted by molar-refractivity contribution is 5.95. The van der Waals surface area contributed by atoms with E-state index in [1.807, 2.05) is 6.92 Å². The van der Waals surface area contributed by atoms with Crippen LogP contribution in [-0.2, 0) is 0 Å². The van der Waals surface area contributed by atoms with Gasteiger partial charge < -0.3 is 5.73 Å². The van der Waals surface area contributed by atoms with Crippen molar-refractivity contribution in [3.8, 4) is 0 Å². The van der Waals surface area contributed by atoms with Gasteiger partial charge in [0.05, 0.1) is 0 Å². The van der Waals surface area contributed by atoms with E-state index in [9.17, 15) is 4.79 Å². The lowest BCUT2D eigenvalue weighted by atomic mass is 10.1. The monoisotopic (exact) mass is 193 g/mol. The number of nitrogens with two attached hydrogens (primary N) is 1. The van der Waals surface area contributed by atoms with Crippen molar-refractivity contribution >= 4 is 11.6 Å². The lowest BCUT2D eigenvalue weighted by Crippen LogP contribution is -2.36. The molecule has 0 aliphatic rings. The Morgan fingerprint density at radius 1 is 1.43 bits per heavy atom. The predicted molar refractivity (Wildman–Crippen MR) is 56.7 cm³/mol. The summed E-state index contributed by atoms with van der Waals surface area (Å²) in [5, 5.41) is 1.61. The Kier molecular flexibility index (Phi) is 3.09. The van der Waals surface area contributed by atoms with Gasteiger partial charge in [-0.1, -0.05) is 0 Å². The molecule has 3 N–H and O–H groups in total. The molecule has 4 heteroatoms. The van der Waals surface area contributed by atoms with Gasteiger partial charge >= 0.3 is 0 Å². The average molecular weight is 193 g/mol. The molecule has 76 valence electrons. The molecule has 4 nitrogen and oxygen atoms in total. The number of anilines is 1. The smallest absolute Gasteiger partial charge is 0.265 e. The number of nitrogens with one attached hydrogen (secondary N) is 1. The van der Waals surface area contributed by atoms with Crippen molar-refractivity contribution in [2.24, 2.45) is 0 Å². The van der Waals surface area contributed by atoms with Crippen LogP contribution in [0.1, 0.15) is 15.9 Å². The highest BCUT2D eigenvalue weighted by atomic mass is 16.2. The topological polar surface area (TPSA) is 58.4 Å². The number of carbonyl (C=O) groups is 1. The fraction of sp³-hybridized carbons (Fsp3) is 0.300. The number of rotatable bonds is 2. The Labute approximate surface area is 83.7 Å². The summed E-state index contributed by atoms with van der Waals surface area (Å²) >= 11 is 0.